The highest BCUT2D eigenvalue weighted by Crippen LogP contribution is 2.10. The summed E-state index contributed by atoms with van der Waals surface area (Å²) in [5.74, 6) is 0. The lowest BCUT2D eigenvalue weighted by atomic mass is 10.2. The molecule has 0 aliphatic heterocycles. The minimum absolute atomic E-state index is 0.0266. The van der Waals surface area contributed by atoms with Crippen molar-refractivity contribution in [3.05, 3.63) is 24.0 Å². The Hall–Kier alpha value is -0.800. The molecule has 0 bridgehead atoms. The Balaban J connectivity index is 2.77. The second kappa shape index (κ2) is 3.74. The summed E-state index contributed by atoms with van der Waals surface area (Å²) in [6.45, 7) is 4.32. The molecule has 3 nitrogen and oxygen atoms in total. The van der Waals surface area contributed by atoms with Crippen LogP contribution in [-0.4, -0.2) is 15.8 Å². The summed E-state index contributed by atoms with van der Waals surface area (Å²) in [6.07, 6.45) is 1.61. The molecule has 0 fully saturated rings. The molecule has 0 radical (unpaired) electrons. The predicted octanol–water partition coefficient (Wildman–Crippen LogP) is 0.889. The quantitative estimate of drug-likeness (QED) is 0.704. The second-order valence-electron chi connectivity index (χ2n) is 3.22. The summed E-state index contributed by atoms with van der Waals surface area (Å²) in [5, 5.41) is 9.17. The van der Waals surface area contributed by atoms with Crippen LogP contribution in [0.3, 0.4) is 0 Å². The summed E-state index contributed by atoms with van der Waals surface area (Å²) in [6, 6.07) is 3.95. The van der Waals surface area contributed by atoms with Gasteiger partial charge in [-0.05, 0) is 26.0 Å². The van der Waals surface area contributed by atoms with Gasteiger partial charge in [-0.3, -0.25) is 0 Å². The van der Waals surface area contributed by atoms with E-state index in [0.29, 0.717) is 6.54 Å². The largest absolute Gasteiger partial charge is 0.392 e. The highest BCUT2D eigenvalue weighted by Gasteiger charge is 2.06. The van der Waals surface area contributed by atoms with Gasteiger partial charge in [0.25, 0.3) is 0 Å². The zero-order valence-corrected chi connectivity index (χ0v) is 7.57. The molecular formula is C9H16N2O. The third-order valence-electron chi connectivity index (χ3n) is 1.79. The van der Waals surface area contributed by atoms with Crippen LogP contribution >= 0.6 is 0 Å². The van der Waals surface area contributed by atoms with Gasteiger partial charge in [-0.15, -0.1) is 0 Å². The van der Waals surface area contributed by atoms with Crippen molar-refractivity contribution in [1.29, 1.82) is 0 Å². The minimum atomic E-state index is -0.324. The Kier molecular flexibility index (Phi) is 2.89. The third kappa shape index (κ3) is 2.09. The molecule has 68 valence electrons. The maximum atomic E-state index is 9.17. The molecule has 3 heteroatoms. The van der Waals surface area contributed by atoms with Crippen LogP contribution < -0.4 is 5.73 Å². The number of rotatable bonds is 3. The first-order chi connectivity index (χ1) is 5.61. The molecular weight excluding hydrogens is 152 g/mol. The highest BCUT2D eigenvalue weighted by molar-refractivity contribution is 5.10. The Morgan fingerprint density at radius 2 is 2.25 bits per heavy atom. The molecule has 2 atom stereocenters. The molecule has 0 aliphatic rings. The lowest BCUT2D eigenvalue weighted by Crippen LogP contribution is -2.17. The van der Waals surface area contributed by atoms with E-state index in [9.17, 15) is 0 Å². The van der Waals surface area contributed by atoms with Gasteiger partial charge in [-0.25, -0.2) is 0 Å². The van der Waals surface area contributed by atoms with E-state index >= 15 is 0 Å². The minimum Gasteiger partial charge on any atom is -0.392 e. The van der Waals surface area contributed by atoms with E-state index in [0.717, 1.165) is 5.69 Å². The Bertz CT molecular complexity index is 240. The van der Waals surface area contributed by atoms with Crippen LogP contribution in [0.4, 0.5) is 0 Å². The van der Waals surface area contributed by atoms with Gasteiger partial charge in [-0.2, -0.15) is 0 Å². The van der Waals surface area contributed by atoms with Crippen molar-refractivity contribution in [2.45, 2.75) is 32.5 Å². The number of nitrogens with two attached hydrogens (primary N) is 1. The zero-order valence-electron chi connectivity index (χ0n) is 7.57. The second-order valence-corrected chi connectivity index (χ2v) is 3.22. The van der Waals surface area contributed by atoms with E-state index in [1.807, 2.05) is 29.8 Å². The van der Waals surface area contributed by atoms with Gasteiger partial charge < -0.3 is 15.4 Å². The van der Waals surface area contributed by atoms with Gasteiger partial charge >= 0.3 is 0 Å². The number of aromatic nitrogens is 1. The van der Waals surface area contributed by atoms with Gasteiger partial charge in [0.15, 0.2) is 0 Å². The monoisotopic (exact) mass is 168 g/mol. The standard InChI is InChI=1S/C9H16N2O/c1-7(12)6-11-5-3-4-9(11)8(2)10/h3-5,7-8,12H,6,10H2,1-2H3. The van der Waals surface area contributed by atoms with Crippen molar-refractivity contribution in [3.63, 3.8) is 0 Å². The van der Waals surface area contributed by atoms with E-state index in [1.165, 1.54) is 0 Å². The summed E-state index contributed by atoms with van der Waals surface area (Å²) in [5.41, 5.74) is 6.80. The number of aliphatic hydroxyl groups is 1. The van der Waals surface area contributed by atoms with E-state index < -0.39 is 0 Å². The lowest BCUT2D eigenvalue weighted by Gasteiger charge is -2.13. The van der Waals surface area contributed by atoms with Gasteiger partial charge in [0.05, 0.1) is 6.10 Å². The fourth-order valence-electron chi connectivity index (χ4n) is 1.29. The van der Waals surface area contributed by atoms with Crippen molar-refractivity contribution in [1.82, 2.24) is 4.57 Å². The molecule has 1 rings (SSSR count). The molecule has 3 N–H and O–H groups in total. The van der Waals surface area contributed by atoms with Crippen LogP contribution in [0.1, 0.15) is 25.6 Å². The van der Waals surface area contributed by atoms with E-state index in [4.69, 9.17) is 10.8 Å². The van der Waals surface area contributed by atoms with Crippen molar-refractivity contribution in [2.24, 2.45) is 5.73 Å². The fraction of sp³-hybridized carbons (Fsp3) is 0.556. The van der Waals surface area contributed by atoms with Gasteiger partial charge in [0.2, 0.25) is 0 Å². The summed E-state index contributed by atoms with van der Waals surface area (Å²) < 4.78 is 1.98. The molecule has 12 heavy (non-hydrogen) atoms. The molecule has 0 amide bonds. The van der Waals surface area contributed by atoms with Crippen LogP contribution in [0.15, 0.2) is 18.3 Å². The van der Waals surface area contributed by atoms with E-state index in [-0.39, 0.29) is 12.1 Å². The number of nitrogens with zero attached hydrogens (tertiary/aromatic N) is 1. The molecule has 0 aliphatic carbocycles. The van der Waals surface area contributed by atoms with Crippen LogP contribution in [0.25, 0.3) is 0 Å². The Morgan fingerprint density at radius 3 is 2.75 bits per heavy atom. The fourth-order valence-corrected chi connectivity index (χ4v) is 1.29. The average Bonchev–Trinajstić information content (AvgIpc) is 2.33. The number of hydrogen-bond acceptors (Lipinski definition) is 2. The van der Waals surface area contributed by atoms with Crippen molar-refractivity contribution < 1.29 is 5.11 Å². The first-order valence-corrected chi connectivity index (χ1v) is 4.20. The maximum absolute atomic E-state index is 9.17. The summed E-state index contributed by atoms with van der Waals surface area (Å²) in [4.78, 5) is 0. The lowest BCUT2D eigenvalue weighted by molar-refractivity contribution is 0.172. The average molecular weight is 168 g/mol. The van der Waals surface area contributed by atoms with Gasteiger partial charge in [0.1, 0.15) is 0 Å². The third-order valence-corrected chi connectivity index (χ3v) is 1.79. The number of hydrogen-bond donors (Lipinski definition) is 2. The van der Waals surface area contributed by atoms with Crippen LogP contribution in [0.2, 0.25) is 0 Å². The summed E-state index contributed by atoms with van der Waals surface area (Å²) in [7, 11) is 0. The highest BCUT2D eigenvalue weighted by atomic mass is 16.3. The molecule has 2 unspecified atom stereocenters. The van der Waals surface area contributed by atoms with Crippen LogP contribution in [0.5, 0.6) is 0 Å². The number of aliphatic hydroxyl groups excluding tert-OH is 1. The predicted molar refractivity (Wildman–Crippen MR) is 48.7 cm³/mol. The molecule has 0 spiro atoms. The topological polar surface area (TPSA) is 51.2 Å². The first-order valence-electron chi connectivity index (χ1n) is 4.20. The van der Waals surface area contributed by atoms with E-state index in [1.54, 1.807) is 6.92 Å². The van der Waals surface area contributed by atoms with Crippen molar-refractivity contribution in [2.75, 3.05) is 0 Å². The normalized spacial score (nSPS) is 16.0. The SMILES string of the molecule is CC(O)Cn1cccc1C(C)N. The van der Waals surface area contributed by atoms with Gasteiger partial charge in [0, 0.05) is 24.5 Å². The Morgan fingerprint density at radius 1 is 1.58 bits per heavy atom. The zero-order chi connectivity index (χ0) is 9.14. The van der Waals surface area contributed by atoms with Crippen LogP contribution in [0, 0.1) is 0 Å². The van der Waals surface area contributed by atoms with Crippen molar-refractivity contribution in [3.8, 4) is 0 Å². The van der Waals surface area contributed by atoms with Gasteiger partial charge in [-0.1, -0.05) is 0 Å². The maximum Gasteiger partial charge on any atom is 0.0690 e. The Labute approximate surface area is 72.8 Å². The molecule has 1 aromatic heterocycles. The molecule has 1 heterocycles. The van der Waals surface area contributed by atoms with Crippen molar-refractivity contribution >= 4 is 0 Å². The van der Waals surface area contributed by atoms with E-state index in [2.05, 4.69) is 0 Å². The molecule has 0 aromatic carbocycles. The van der Waals surface area contributed by atoms with Crippen LogP contribution in [-0.2, 0) is 6.54 Å². The smallest absolute Gasteiger partial charge is 0.0690 e. The molecule has 0 saturated heterocycles. The molecule has 0 saturated carbocycles. The summed E-state index contributed by atoms with van der Waals surface area (Å²) >= 11 is 0. The first kappa shape index (κ1) is 9.29. The molecule has 1 aromatic rings.